The fourth-order valence-corrected chi connectivity index (χ4v) is 6.64. The van der Waals surface area contributed by atoms with Crippen molar-refractivity contribution in [3.05, 3.63) is 106 Å². The first-order valence-electron chi connectivity index (χ1n) is 16.0. The molecular weight excluding hydrogens is 648 g/mol. The minimum absolute atomic E-state index is 0.102. The molecule has 0 unspecified atom stereocenters. The van der Waals surface area contributed by atoms with Crippen LogP contribution in [0.25, 0.3) is 11.1 Å². The van der Waals surface area contributed by atoms with Crippen molar-refractivity contribution in [2.45, 2.75) is 45.6 Å². The molecule has 2 aliphatic rings. The maximum absolute atomic E-state index is 12.3. The summed E-state index contributed by atoms with van der Waals surface area (Å²) in [4.78, 5) is 25.8. The lowest BCUT2D eigenvalue weighted by Crippen LogP contribution is -2.51. The summed E-state index contributed by atoms with van der Waals surface area (Å²) in [6.45, 7) is 3.89. The van der Waals surface area contributed by atoms with E-state index >= 15 is 0 Å². The quantitative estimate of drug-likeness (QED) is 0.172. The van der Waals surface area contributed by atoms with Crippen molar-refractivity contribution in [3.8, 4) is 40.2 Å². The zero-order valence-corrected chi connectivity index (χ0v) is 27.6. The first kappa shape index (κ1) is 33.7. The molecule has 6 rings (SSSR count). The van der Waals surface area contributed by atoms with Gasteiger partial charge in [-0.2, -0.15) is 5.26 Å². The molecule has 4 aromatic carbocycles. The molecule has 0 aromatic heterocycles. The number of carbonyl (C=O) groups is 2. The number of carboxylic acid groups (broad SMARTS) is 2. The van der Waals surface area contributed by atoms with Crippen molar-refractivity contribution in [2.24, 2.45) is 5.92 Å². The van der Waals surface area contributed by atoms with Crippen LogP contribution >= 0.6 is 11.6 Å². The topological polar surface area (TPSA) is 139 Å². The van der Waals surface area contributed by atoms with Gasteiger partial charge >= 0.3 is 11.9 Å². The smallest absolute Gasteiger partial charge is 0.321 e. The van der Waals surface area contributed by atoms with Crippen LogP contribution in [0.4, 0.5) is 0 Å². The Morgan fingerprint density at radius 2 is 1.69 bits per heavy atom. The highest BCUT2D eigenvalue weighted by molar-refractivity contribution is 6.32. The number of piperidine rings is 1. The number of benzene rings is 4. The van der Waals surface area contributed by atoms with Crippen LogP contribution in [0.2, 0.25) is 5.02 Å². The molecule has 10 nitrogen and oxygen atoms in total. The average Bonchev–Trinajstić information content (AvgIpc) is 3.11. The molecule has 0 spiro atoms. The van der Waals surface area contributed by atoms with Crippen molar-refractivity contribution < 1.29 is 38.7 Å². The summed E-state index contributed by atoms with van der Waals surface area (Å²) in [6, 6.07) is 23.2. The number of rotatable bonds is 11. The number of nitriles is 1. The standard InChI is InChI=1S/C38H35ClN2O8/c1-23-27(7-3-8-29(23)26-10-11-32-35(17-26)47-14-13-46-32)22-49-34-18-33(48-21-25-6-2-5-24(15-25)19-40)28(16-31(34)39)20-41-12-4-9-30(37(42)43)36(41)38(44)45/h2-3,5-8,10-11,15-18,30,36H,4,9,12-14,20-22H2,1H3,(H,42,43)(H,44,45)/t30-,36+/m1/s1. The Morgan fingerprint density at radius 3 is 2.47 bits per heavy atom. The molecule has 49 heavy (non-hydrogen) atoms. The van der Waals surface area contributed by atoms with Crippen LogP contribution in [0.5, 0.6) is 23.0 Å². The summed E-state index contributed by atoms with van der Waals surface area (Å²) < 4.78 is 24.0. The molecule has 4 aromatic rings. The van der Waals surface area contributed by atoms with Gasteiger partial charge < -0.3 is 29.2 Å². The fourth-order valence-electron chi connectivity index (χ4n) is 6.40. The zero-order chi connectivity index (χ0) is 34.5. The normalized spacial score (nSPS) is 17.2. The lowest BCUT2D eigenvalue weighted by Gasteiger charge is -2.37. The molecule has 2 aliphatic heterocycles. The van der Waals surface area contributed by atoms with Crippen LogP contribution in [-0.4, -0.2) is 52.9 Å². The van der Waals surface area contributed by atoms with Gasteiger partial charge in [-0.3, -0.25) is 14.5 Å². The van der Waals surface area contributed by atoms with E-state index < -0.39 is 23.9 Å². The first-order valence-corrected chi connectivity index (χ1v) is 16.3. The summed E-state index contributed by atoms with van der Waals surface area (Å²) in [6.07, 6.45) is 0.821. The number of halogens is 1. The molecule has 0 radical (unpaired) electrons. The molecule has 252 valence electrons. The SMILES string of the molecule is Cc1c(COc2cc(OCc3cccc(C#N)c3)c(CN3CCC[C@@H](C(=O)O)[C@H]3C(=O)O)cc2Cl)cccc1-c1ccc2c(c1)OCCO2. The molecule has 2 heterocycles. The molecule has 1 saturated heterocycles. The van der Waals surface area contributed by atoms with Crippen molar-refractivity contribution in [2.75, 3.05) is 19.8 Å². The van der Waals surface area contributed by atoms with Gasteiger partial charge in [-0.15, -0.1) is 0 Å². The van der Waals surface area contributed by atoms with E-state index in [2.05, 4.69) is 6.07 Å². The Balaban J connectivity index is 1.27. The van der Waals surface area contributed by atoms with Gasteiger partial charge in [-0.25, -0.2) is 0 Å². The van der Waals surface area contributed by atoms with Crippen LogP contribution in [0, 0.1) is 24.2 Å². The number of nitrogens with zero attached hydrogens (tertiary/aromatic N) is 2. The number of carboxylic acids is 2. The number of hydrogen-bond acceptors (Lipinski definition) is 8. The molecular formula is C38H35ClN2O8. The summed E-state index contributed by atoms with van der Waals surface area (Å²) in [5, 5.41) is 29.4. The second-order valence-corrected chi connectivity index (χ2v) is 12.5. The Bertz CT molecular complexity index is 1920. The first-order chi connectivity index (χ1) is 23.7. The highest BCUT2D eigenvalue weighted by Gasteiger charge is 2.41. The van der Waals surface area contributed by atoms with E-state index in [9.17, 15) is 25.1 Å². The van der Waals surface area contributed by atoms with Gasteiger partial charge in [0.25, 0.3) is 0 Å². The fraction of sp³-hybridized carbons (Fsp3) is 0.289. The Kier molecular flexibility index (Phi) is 10.2. The average molecular weight is 683 g/mol. The third-order valence-corrected chi connectivity index (χ3v) is 9.22. The Morgan fingerprint density at radius 1 is 0.918 bits per heavy atom. The van der Waals surface area contributed by atoms with Crippen molar-refractivity contribution in [1.82, 2.24) is 4.90 Å². The largest absolute Gasteiger partial charge is 0.488 e. The van der Waals surface area contributed by atoms with Gasteiger partial charge in [0, 0.05) is 18.2 Å². The summed E-state index contributed by atoms with van der Waals surface area (Å²) in [5.74, 6) is -1.16. The maximum Gasteiger partial charge on any atom is 0.321 e. The lowest BCUT2D eigenvalue weighted by molar-refractivity contribution is -0.158. The molecule has 11 heteroatoms. The Hall–Kier alpha value is -5.24. The Labute approximate surface area is 289 Å². The van der Waals surface area contributed by atoms with Gasteiger partial charge in [-0.1, -0.05) is 48.0 Å². The second kappa shape index (κ2) is 14.9. The van der Waals surface area contributed by atoms with E-state index in [4.69, 9.17) is 30.5 Å². The molecule has 2 N–H and O–H groups in total. The maximum atomic E-state index is 12.3. The lowest BCUT2D eigenvalue weighted by atomic mass is 9.88. The van der Waals surface area contributed by atoms with Gasteiger partial charge in [0.15, 0.2) is 11.5 Å². The van der Waals surface area contributed by atoms with Gasteiger partial charge in [0.05, 0.1) is 22.6 Å². The second-order valence-electron chi connectivity index (χ2n) is 12.1. The van der Waals surface area contributed by atoms with Gasteiger partial charge in [-0.05, 0) is 84.5 Å². The van der Waals surface area contributed by atoms with Gasteiger partial charge in [0.2, 0.25) is 0 Å². The van der Waals surface area contributed by atoms with Crippen molar-refractivity contribution in [1.29, 1.82) is 5.26 Å². The molecule has 0 aliphatic carbocycles. The molecule has 1 fully saturated rings. The van der Waals surface area contributed by atoms with Gasteiger partial charge in [0.1, 0.15) is 44.0 Å². The summed E-state index contributed by atoms with van der Waals surface area (Å²) in [7, 11) is 0. The minimum Gasteiger partial charge on any atom is -0.488 e. The van der Waals surface area contributed by atoms with Crippen molar-refractivity contribution >= 4 is 23.5 Å². The van der Waals surface area contributed by atoms with E-state index in [0.717, 1.165) is 33.6 Å². The number of ether oxygens (including phenoxy) is 4. The van der Waals surface area contributed by atoms with Crippen LogP contribution in [0.1, 0.15) is 40.7 Å². The monoisotopic (exact) mass is 682 g/mol. The highest BCUT2D eigenvalue weighted by atomic mass is 35.5. The van der Waals surface area contributed by atoms with E-state index in [0.29, 0.717) is 59.6 Å². The molecule has 0 bridgehead atoms. The van der Waals surface area contributed by atoms with Crippen LogP contribution in [0.3, 0.4) is 0 Å². The minimum atomic E-state index is -1.20. The number of hydrogen-bond donors (Lipinski definition) is 2. The number of fused-ring (bicyclic) bond motifs is 1. The molecule has 0 amide bonds. The van der Waals surface area contributed by atoms with E-state index in [1.807, 2.05) is 49.4 Å². The third kappa shape index (κ3) is 7.59. The van der Waals surface area contributed by atoms with E-state index in [1.54, 1.807) is 35.2 Å². The number of aliphatic carboxylic acids is 2. The van der Waals surface area contributed by atoms with Crippen LogP contribution in [0.15, 0.2) is 72.8 Å². The van der Waals surface area contributed by atoms with E-state index in [1.165, 1.54) is 0 Å². The molecule has 2 atom stereocenters. The third-order valence-electron chi connectivity index (χ3n) is 8.93. The van der Waals surface area contributed by atoms with Crippen LogP contribution in [-0.2, 0) is 29.3 Å². The van der Waals surface area contributed by atoms with Crippen molar-refractivity contribution in [3.63, 3.8) is 0 Å². The predicted molar refractivity (Wildman–Crippen MR) is 181 cm³/mol. The highest BCUT2D eigenvalue weighted by Crippen LogP contribution is 2.38. The zero-order valence-electron chi connectivity index (χ0n) is 26.9. The summed E-state index contributed by atoms with van der Waals surface area (Å²) in [5.41, 5.74) is 5.83. The predicted octanol–water partition coefficient (Wildman–Crippen LogP) is 6.87. The van der Waals surface area contributed by atoms with Crippen LogP contribution < -0.4 is 18.9 Å². The number of likely N-dealkylation sites (tertiary alicyclic amines) is 1. The van der Waals surface area contributed by atoms with E-state index in [-0.39, 0.29) is 26.2 Å². The summed E-state index contributed by atoms with van der Waals surface area (Å²) >= 11 is 6.78. The molecule has 0 saturated carbocycles.